The molecule has 1 N–H and O–H groups in total. The Hall–Kier alpha value is -2.64. The second-order valence-electron chi connectivity index (χ2n) is 7.90. The molecule has 1 aromatic carbocycles. The lowest BCUT2D eigenvalue weighted by Gasteiger charge is -2.28. The number of Topliss-reactive ketones (excluding diaryl/α,β-unsaturated/α-hetero) is 1. The van der Waals surface area contributed by atoms with Crippen LogP contribution in [0.4, 0.5) is 0 Å². The van der Waals surface area contributed by atoms with E-state index >= 15 is 0 Å². The van der Waals surface area contributed by atoms with Crippen molar-refractivity contribution in [2.24, 2.45) is 0 Å². The molecule has 166 valence electrons. The highest BCUT2D eigenvalue weighted by atomic mass is 32.1. The van der Waals surface area contributed by atoms with Crippen LogP contribution in [-0.4, -0.2) is 60.4 Å². The maximum atomic E-state index is 13.2. The molecule has 31 heavy (non-hydrogen) atoms. The highest BCUT2D eigenvalue weighted by molar-refractivity contribution is 7.12. The number of hydrogen-bond acceptors (Lipinski definition) is 6. The third kappa shape index (κ3) is 5.35. The average molecular weight is 443 g/mol. The number of rotatable bonds is 11. The molecular formula is C24H30N2O4S. The number of unbranched alkanes of at least 4 members (excludes halogenated alkanes) is 2. The van der Waals surface area contributed by atoms with E-state index in [4.69, 9.17) is 4.74 Å². The molecule has 0 fully saturated rings. The third-order valence-corrected chi connectivity index (χ3v) is 6.14. The van der Waals surface area contributed by atoms with E-state index in [0.29, 0.717) is 30.3 Å². The zero-order chi connectivity index (χ0) is 22.4. The van der Waals surface area contributed by atoms with Crippen LogP contribution in [0.15, 0.2) is 53.1 Å². The van der Waals surface area contributed by atoms with Crippen molar-refractivity contribution in [3.8, 4) is 5.75 Å². The highest BCUT2D eigenvalue weighted by Gasteiger charge is 2.43. The van der Waals surface area contributed by atoms with Crippen molar-refractivity contribution in [3.63, 3.8) is 0 Å². The van der Waals surface area contributed by atoms with Crippen LogP contribution in [0.25, 0.3) is 0 Å². The van der Waals surface area contributed by atoms with Gasteiger partial charge in [-0.3, -0.25) is 9.59 Å². The summed E-state index contributed by atoms with van der Waals surface area (Å²) in [6, 6.07) is 10.3. The second kappa shape index (κ2) is 10.6. The summed E-state index contributed by atoms with van der Waals surface area (Å²) in [7, 11) is 3.84. The average Bonchev–Trinajstić information content (AvgIpc) is 3.37. The molecule has 0 aliphatic carbocycles. The standard InChI is InChI=1S/C24H30N2O4S/c1-4-5-6-14-30-18-10-7-9-17(16-18)21-20(22(27)19-11-8-15-31-19)23(28)24(29)26(21)13-12-25(2)3/h7-11,15-16,21,28H,4-6,12-14H2,1-3H3. The van der Waals surface area contributed by atoms with Crippen LogP contribution < -0.4 is 4.74 Å². The maximum absolute atomic E-state index is 13.2. The van der Waals surface area contributed by atoms with Crippen LogP contribution in [0.1, 0.15) is 47.5 Å². The molecule has 1 atom stereocenters. The first-order valence-corrected chi connectivity index (χ1v) is 11.5. The van der Waals surface area contributed by atoms with Gasteiger partial charge < -0.3 is 19.6 Å². The van der Waals surface area contributed by atoms with E-state index in [1.807, 2.05) is 48.6 Å². The van der Waals surface area contributed by atoms with Gasteiger partial charge in [0, 0.05) is 13.1 Å². The number of ether oxygens (including phenoxy) is 1. The lowest BCUT2D eigenvalue weighted by atomic mass is 9.95. The normalized spacial score (nSPS) is 16.5. The van der Waals surface area contributed by atoms with E-state index < -0.39 is 17.7 Å². The Morgan fingerprint density at radius 2 is 2.03 bits per heavy atom. The molecule has 1 aliphatic heterocycles. The Balaban J connectivity index is 1.95. The minimum Gasteiger partial charge on any atom is -0.503 e. The number of carbonyl (C=O) groups is 2. The number of amides is 1. The summed E-state index contributed by atoms with van der Waals surface area (Å²) < 4.78 is 5.89. The minimum absolute atomic E-state index is 0.134. The number of aliphatic hydroxyl groups excluding tert-OH is 1. The molecule has 1 amide bonds. The van der Waals surface area contributed by atoms with Crippen molar-refractivity contribution in [3.05, 3.63) is 63.6 Å². The zero-order valence-electron chi connectivity index (χ0n) is 18.3. The van der Waals surface area contributed by atoms with E-state index in [0.717, 1.165) is 24.8 Å². The molecule has 0 spiro atoms. The first-order valence-electron chi connectivity index (χ1n) is 10.6. The third-order valence-electron chi connectivity index (χ3n) is 5.27. The van der Waals surface area contributed by atoms with Crippen molar-refractivity contribution in [2.75, 3.05) is 33.8 Å². The van der Waals surface area contributed by atoms with Gasteiger partial charge in [-0.2, -0.15) is 0 Å². The Labute approximate surface area is 187 Å². The number of likely N-dealkylation sites (N-methyl/N-ethyl adjacent to an activating group) is 1. The summed E-state index contributed by atoms with van der Waals surface area (Å²) in [6.45, 7) is 3.77. The van der Waals surface area contributed by atoms with Crippen LogP contribution in [0.5, 0.6) is 5.75 Å². The molecular weight excluding hydrogens is 412 g/mol. The van der Waals surface area contributed by atoms with Crippen molar-refractivity contribution >= 4 is 23.0 Å². The van der Waals surface area contributed by atoms with E-state index in [9.17, 15) is 14.7 Å². The lowest BCUT2D eigenvalue weighted by Crippen LogP contribution is -2.36. The Morgan fingerprint density at radius 1 is 1.23 bits per heavy atom. The summed E-state index contributed by atoms with van der Waals surface area (Å²) in [6.07, 6.45) is 3.19. The number of benzene rings is 1. The molecule has 0 bridgehead atoms. The van der Waals surface area contributed by atoms with Crippen LogP contribution in [0.2, 0.25) is 0 Å². The Kier molecular flexibility index (Phi) is 7.87. The van der Waals surface area contributed by atoms with Crippen molar-refractivity contribution in [1.82, 2.24) is 9.80 Å². The van der Waals surface area contributed by atoms with Gasteiger partial charge in [-0.1, -0.05) is 38.0 Å². The van der Waals surface area contributed by atoms with Gasteiger partial charge in [-0.25, -0.2) is 0 Å². The van der Waals surface area contributed by atoms with Gasteiger partial charge in [0.1, 0.15) is 5.75 Å². The zero-order valence-corrected chi connectivity index (χ0v) is 19.2. The quantitative estimate of drug-likeness (QED) is 0.411. The molecule has 7 heteroatoms. The number of carbonyl (C=O) groups excluding carboxylic acids is 2. The molecule has 2 heterocycles. The Morgan fingerprint density at radius 3 is 2.71 bits per heavy atom. The van der Waals surface area contributed by atoms with Gasteiger partial charge in [0.15, 0.2) is 5.76 Å². The van der Waals surface area contributed by atoms with Crippen LogP contribution in [0, 0.1) is 0 Å². The van der Waals surface area contributed by atoms with Crippen LogP contribution in [-0.2, 0) is 4.79 Å². The molecule has 6 nitrogen and oxygen atoms in total. The van der Waals surface area contributed by atoms with Gasteiger partial charge >= 0.3 is 0 Å². The maximum Gasteiger partial charge on any atom is 0.290 e. The summed E-state index contributed by atoms with van der Waals surface area (Å²) in [5.41, 5.74) is 0.887. The van der Waals surface area contributed by atoms with E-state index in [1.165, 1.54) is 11.3 Å². The van der Waals surface area contributed by atoms with Gasteiger partial charge in [0.25, 0.3) is 5.91 Å². The molecule has 0 saturated carbocycles. The number of thiophene rings is 1. The summed E-state index contributed by atoms with van der Waals surface area (Å²) in [5.74, 6) is -0.590. The van der Waals surface area contributed by atoms with E-state index in [2.05, 4.69) is 6.92 Å². The molecule has 1 aromatic heterocycles. The molecule has 2 aromatic rings. The second-order valence-corrected chi connectivity index (χ2v) is 8.85. The number of aliphatic hydroxyl groups is 1. The molecule has 3 rings (SSSR count). The Bertz CT molecular complexity index is 937. The van der Waals surface area contributed by atoms with E-state index in [1.54, 1.807) is 17.0 Å². The van der Waals surface area contributed by atoms with Crippen molar-refractivity contribution < 1.29 is 19.4 Å². The fourth-order valence-electron chi connectivity index (χ4n) is 3.63. The largest absolute Gasteiger partial charge is 0.503 e. The highest BCUT2D eigenvalue weighted by Crippen LogP contribution is 2.40. The smallest absolute Gasteiger partial charge is 0.290 e. The number of hydrogen-bond donors (Lipinski definition) is 1. The van der Waals surface area contributed by atoms with Crippen LogP contribution in [0.3, 0.4) is 0 Å². The summed E-state index contributed by atoms with van der Waals surface area (Å²) in [4.78, 5) is 30.2. The number of nitrogens with zero attached hydrogens (tertiary/aromatic N) is 2. The topological polar surface area (TPSA) is 70.1 Å². The lowest BCUT2D eigenvalue weighted by molar-refractivity contribution is -0.129. The molecule has 1 aliphatic rings. The van der Waals surface area contributed by atoms with Gasteiger partial charge in [-0.15, -0.1) is 11.3 Å². The van der Waals surface area contributed by atoms with Crippen molar-refractivity contribution in [2.45, 2.75) is 32.2 Å². The molecule has 1 unspecified atom stereocenters. The number of ketones is 1. The van der Waals surface area contributed by atoms with E-state index in [-0.39, 0.29) is 11.4 Å². The fourth-order valence-corrected chi connectivity index (χ4v) is 4.31. The van der Waals surface area contributed by atoms with Gasteiger partial charge in [0.2, 0.25) is 5.78 Å². The molecule has 0 radical (unpaired) electrons. The van der Waals surface area contributed by atoms with Gasteiger partial charge in [-0.05, 0) is 49.7 Å². The predicted molar refractivity (Wildman–Crippen MR) is 123 cm³/mol. The van der Waals surface area contributed by atoms with Crippen molar-refractivity contribution in [1.29, 1.82) is 0 Å². The fraction of sp³-hybridized carbons (Fsp3) is 0.417. The predicted octanol–water partition coefficient (Wildman–Crippen LogP) is 4.46. The minimum atomic E-state index is -0.652. The van der Waals surface area contributed by atoms with Gasteiger partial charge in [0.05, 0.1) is 23.1 Å². The summed E-state index contributed by atoms with van der Waals surface area (Å²) >= 11 is 1.30. The first kappa shape index (κ1) is 23.0. The first-order chi connectivity index (χ1) is 14.9. The SMILES string of the molecule is CCCCCOc1cccc(C2C(C(=O)c3cccs3)=C(O)C(=O)N2CCN(C)C)c1. The van der Waals surface area contributed by atoms with Crippen LogP contribution >= 0.6 is 11.3 Å². The summed E-state index contributed by atoms with van der Waals surface area (Å²) in [5, 5.41) is 12.5. The molecule has 0 saturated heterocycles. The monoisotopic (exact) mass is 442 g/mol.